The van der Waals surface area contributed by atoms with E-state index >= 15 is 0 Å². The smallest absolute Gasteiger partial charge is 0.0601 e. The van der Waals surface area contributed by atoms with E-state index in [-0.39, 0.29) is 5.60 Å². The van der Waals surface area contributed by atoms with Crippen molar-refractivity contribution in [3.63, 3.8) is 0 Å². The zero-order valence-electron chi connectivity index (χ0n) is 11.5. The van der Waals surface area contributed by atoms with Crippen molar-refractivity contribution < 1.29 is 4.74 Å². The fraction of sp³-hybridized carbons (Fsp3) is 1.00. The molecule has 3 heteroatoms. The van der Waals surface area contributed by atoms with Crippen LogP contribution in [0.15, 0.2) is 0 Å². The molecule has 0 bridgehead atoms. The highest BCUT2D eigenvalue weighted by molar-refractivity contribution is 4.78. The summed E-state index contributed by atoms with van der Waals surface area (Å²) in [5, 5.41) is 3.61. The Morgan fingerprint density at radius 3 is 2.62 bits per heavy atom. The first-order chi connectivity index (χ1) is 7.38. The summed E-state index contributed by atoms with van der Waals surface area (Å²) in [7, 11) is 0. The van der Waals surface area contributed by atoms with Crippen LogP contribution in [0.4, 0.5) is 0 Å². The lowest BCUT2D eigenvalue weighted by Gasteiger charge is -2.28. The van der Waals surface area contributed by atoms with Gasteiger partial charge < -0.3 is 4.74 Å². The van der Waals surface area contributed by atoms with Crippen molar-refractivity contribution in [1.82, 2.24) is 10.2 Å². The molecule has 0 saturated carbocycles. The Kier molecular flexibility index (Phi) is 5.22. The van der Waals surface area contributed by atoms with Gasteiger partial charge in [-0.25, -0.2) is 0 Å². The predicted molar refractivity (Wildman–Crippen MR) is 68.6 cm³/mol. The van der Waals surface area contributed by atoms with Crippen LogP contribution in [-0.4, -0.2) is 42.4 Å². The fourth-order valence-electron chi connectivity index (χ4n) is 2.14. The normalized spacial score (nSPS) is 23.2. The van der Waals surface area contributed by atoms with Crippen molar-refractivity contribution in [1.29, 1.82) is 0 Å². The minimum absolute atomic E-state index is 0.0132. The molecule has 0 aromatic carbocycles. The summed E-state index contributed by atoms with van der Waals surface area (Å²) in [6.07, 6.45) is 3.14. The minimum atomic E-state index is -0.0132. The van der Waals surface area contributed by atoms with Crippen molar-refractivity contribution in [3.05, 3.63) is 0 Å². The molecule has 0 radical (unpaired) electrons. The van der Waals surface area contributed by atoms with Crippen LogP contribution in [0.3, 0.4) is 0 Å². The molecule has 0 spiro atoms. The maximum absolute atomic E-state index is 5.78. The third-order valence-electron chi connectivity index (χ3n) is 2.80. The molecule has 1 saturated heterocycles. The van der Waals surface area contributed by atoms with E-state index in [2.05, 4.69) is 44.8 Å². The van der Waals surface area contributed by atoms with Crippen molar-refractivity contribution >= 4 is 0 Å². The van der Waals surface area contributed by atoms with Gasteiger partial charge in [-0.3, -0.25) is 10.2 Å². The number of nitrogens with one attached hydrogen (secondary N) is 1. The van der Waals surface area contributed by atoms with Gasteiger partial charge in [0.1, 0.15) is 0 Å². The SMILES string of the molecule is CC(C)N[C@H]1CCCN1CCOC(C)(C)C. The molecule has 96 valence electrons. The van der Waals surface area contributed by atoms with Crippen molar-refractivity contribution in [2.75, 3.05) is 19.7 Å². The average Bonchev–Trinajstić information content (AvgIpc) is 2.49. The van der Waals surface area contributed by atoms with Gasteiger partial charge >= 0.3 is 0 Å². The monoisotopic (exact) mass is 228 g/mol. The van der Waals surface area contributed by atoms with Gasteiger partial charge in [-0.05, 0) is 54.0 Å². The van der Waals surface area contributed by atoms with Gasteiger partial charge in [-0.2, -0.15) is 0 Å². The summed E-state index contributed by atoms with van der Waals surface area (Å²) in [6, 6.07) is 0.564. The third kappa shape index (κ3) is 5.28. The molecule has 1 rings (SSSR count). The summed E-state index contributed by atoms with van der Waals surface area (Å²) in [6.45, 7) is 13.8. The Labute approximate surface area is 101 Å². The van der Waals surface area contributed by atoms with Crippen LogP contribution >= 0.6 is 0 Å². The van der Waals surface area contributed by atoms with E-state index in [0.717, 1.165) is 13.2 Å². The molecule has 1 heterocycles. The van der Waals surface area contributed by atoms with E-state index in [1.165, 1.54) is 19.4 Å². The van der Waals surface area contributed by atoms with E-state index in [0.29, 0.717) is 12.2 Å². The number of ether oxygens (including phenoxy) is 1. The highest BCUT2D eigenvalue weighted by Crippen LogP contribution is 2.15. The van der Waals surface area contributed by atoms with Gasteiger partial charge in [0.25, 0.3) is 0 Å². The number of hydrogen-bond acceptors (Lipinski definition) is 3. The van der Waals surface area contributed by atoms with E-state index < -0.39 is 0 Å². The molecular weight excluding hydrogens is 200 g/mol. The lowest BCUT2D eigenvalue weighted by atomic mass is 10.2. The molecule has 1 aliphatic heterocycles. The summed E-state index contributed by atoms with van der Waals surface area (Å²) < 4.78 is 5.78. The second-order valence-electron chi connectivity index (χ2n) is 5.98. The van der Waals surface area contributed by atoms with E-state index in [1.54, 1.807) is 0 Å². The van der Waals surface area contributed by atoms with Crippen LogP contribution in [0.2, 0.25) is 0 Å². The standard InChI is InChI=1S/C13H28N2O/c1-11(2)14-12-7-6-8-15(12)9-10-16-13(3,4)5/h11-12,14H,6-10H2,1-5H3/t12-/m1/s1. The average molecular weight is 228 g/mol. The maximum atomic E-state index is 5.78. The fourth-order valence-corrected chi connectivity index (χ4v) is 2.14. The van der Waals surface area contributed by atoms with Crippen LogP contribution in [0.5, 0.6) is 0 Å². The van der Waals surface area contributed by atoms with Gasteiger partial charge in [0.15, 0.2) is 0 Å². The molecule has 0 aliphatic carbocycles. The van der Waals surface area contributed by atoms with Crippen molar-refractivity contribution in [3.8, 4) is 0 Å². The molecular formula is C13H28N2O. The van der Waals surface area contributed by atoms with Gasteiger partial charge in [-0.1, -0.05) is 0 Å². The molecule has 16 heavy (non-hydrogen) atoms. The summed E-state index contributed by atoms with van der Waals surface area (Å²) in [4.78, 5) is 2.51. The highest BCUT2D eigenvalue weighted by Gasteiger charge is 2.24. The molecule has 3 nitrogen and oxygen atoms in total. The number of hydrogen-bond donors (Lipinski definition) is 1. The number of rotatable bonds is 5. The molecule has 1 aliphatic rings. The second kappa shape index (κ2) is 5.99. The molecule has 0 unspecified atom stereocenters. The summed E-state index contributed by atoms with van der Waals surface area (Å²) in [5.74, 6) is 0. The zero-order chi connectivity index (χ0) is 12.2. The lowest BCUT2D eigenvalue weighted by Crippen LogP contribution is -2.45. The minimum Gasteiger partial charge on any atom is -0.375 e. The molecule has 0 amide bonds. The Bertz CT molecular complexity index is 199. The first-order valence-electron chi connectivity index (χ1n) is 6.52. The largest absolute Gasteiger partial charge is 0.375 e. The zero-order valence-corrected chi connectivity index (χ0v) is 11.5. The predicted octanol–water partition coefficient (Wildman–Crippen LogP) is 2.22. The van der Waals surface area contributed by atoms with Gasteiger partial charge in [0.05, 0.1) is 18.4 Å². The van der Waals surface area contributed by atoms with Gasteiger partial charge in [0, 0.05) is 12.6 Å². The Morgan fingerprint density at radius 1 is 1.38 bits per heavy atom. The summed E-state index contributed by atoms with van der Waals surface area (Å²) >= 11 is 0. The molecule has 0 aromatic rings. The van der Waals surface area contributed by atoms with E-state index in [4.69, 9.17) is 4.74 Å². The third-order valence-corrected chi connectivity index (χ3v) is 2.80. The van der Waals surface area contributed by atoms with Crippen molar-refractivity contribution in [2.45, 2.75) is 65.3 Å². The highest BCUT2D eigenvalue weighted by atomic mass is 16.5. The quantitative estimate of drug-likeness (QED) is 0.781. The molecule has 1 atom stereocenters. The van der Waals surface area contributed by atoms with E-state index in [1.807, 2.05) is 0 Å². The molecule has 1 fully saturated rings. The number of nitrogens with zero attached hydrogens (tertiary/aromatic N) is 1. The second-order valence-corrected chi connectivity index (χ2v) is 5.98. The van der Waals surface area contributed by atoms with Gasteiger partial charge in [0.2, 0.25) is 0 Å². The first-order valence-corrected chi connectivity index (χ1v) is 6.52. The van der Waals surface area contributed by atoms with Crippen LogP contribution in [-0.2, 0) is 4.74 Å². The van der Waals surface area contributed by atoms with Crippen LogP contribution in [0.25, 0.3) is 0 Å². The maximum Gasteiger partial charge on any atom is 0.0601 e. The Hall–Kier alpha value is -0.120. The van der Waals surface area contributed by atoms with Gasteiger partial charge in [-0.15, -0.1) is 0 Å². The first kappa shape index (κ1) is 13.9. The van der Waals surface area contributed by atoms with Crippen LogP contribution in [0, 0.1) is 0 Å². The Morgan fingerprint density at radius 2 is 2.06 bits per heavy atom. The van der Waals surface area contributed by atoms with E-state index in [9.17, 15) is 0 Å². The molecule has 1 N–H and O–H groups in total. The van der Waals surface area contributed by atoms with Crippen LogP contribution < -0.4 is 5.32 Å². The van der Waals surface area contributed by atoms with Crippen LogP contribution in [0.1, 0.15) is 47.5 Å². The Balaban J connectivity index is 2.25. The van der Waals surface area contributed by atoms with Crippen molar-refractivity contribution in [2.24, 2.45) is 0 Å². The topological polar surface area (TPSA) is 24.5 Å². The lowest BCUT2D eigenvalue weighted by molar-refractivity contribution is -0.0159. The molecule has 0 aromatic heterocycles. The number of likely N-dealkylation sites (tertiary alicyclic amines) is 1. The summed E-state index contributed by atoms with van der Waals surface area (Å²) in [5.41, 5.74) is -0.0132.